The average Bonchev–Trinajstić information content (AvgIpc) is 3.10. The van der Waals surface area contributed by atoms with E-state index in [-0.39, 0.29) is 5.78 Å². The third-order valence-electron chi connectivity index (χ3n) is 3.62. The lowest BCUT2D eigenvalue weighted by atomic mass is 10.1. The van der Waals surface area contributed by atoms with E-state index in [9.17, 15) is 4.79 Å². The largest absolute Gasteiger partial charge is 0.497 e. The molecular weight excluding hydrogens is 282 g/mol. The Morgan fingerprint density at radius 2 is 2.36 bits per heavy atom. The van der Waals surface area contributed by atoms with Gasteiger partial charge in [0, 0.05) is 24.2 Å². The fraction of sp³-hybridized carbons (Fsp3) is 0.333. The van der Waals surface area contributed by atoms with Gasteiger partial charge in [0.25, 0.3) is 0 Å². The van der Waals surface area contributed by atoms with Crippen molar-refractivity contribution < 1.29 is 9.53 Å². The Balaban J connectivity index is 1.66. The van der Waals surface area contributed by atoms with Gasteiger partial charge in [0.05, 0.1) is 13.7 Å². The van der Waals surface area contributed by atoms with Crippen LogP contribution in [0.3, 0.4) is 0 Å². The van der Waals surface area contributed by atoms with Gasteiger partial charge in [0.1, 0.15) is 5.75 Å². The number of nitrogens with one attached hydrogen (secondary N) is 1. The van der Waals surface area contributed by atoms with Gasteiger partial charge < -0.3 is 4.74 Å². The molecule has 2 aromatic rings. The lowest BCUT2D eigenvalue weighted by molar-refractivity contribution is 0.0938. The van der Waals surface area contributed by atoms with Crippen LogP contribution in [-0.2, 0) is 0 Å². The number of rotatable bonds is 5. The van der Waals surface area contributed by atoms with Gasteiger partial charge in [-0.2, -0.15) is 5.21 Å². The molecule has 0 spiro atoms. The molecule has 114 valence electrons. The van der Waals surface area contributed by atoms with Crippen molar-refractivity contribution in [2.45, 2.75) is 6.42 Å². The Kier molecular flexibility index (Phi) is 4.24. The number of Topliss-reactive ketones (excluding diaryl/α,β-unsaturated/α-hetero) is 1. The van der Waals surface area contributed by atoms with Crippen molar-refractivity contribution in [3.05, 3.63) is 41.7 Å². The van der Waals surface area contributed by atoms with E-state index in [2.05, 4.69) is 31.6 Å². The van der Waals surface area contributed by atoms with E-state index in [1.165, 1.54) is 0 Å². The van der Waals surface area contributed by atoms with Gasteiger partial charge in [-0.25, -0.2) is 0 Å². The summed E-state index contributed by atoms with van der Waals surface area (Å²) in [5.41, 5.74) is 1.66. The van der Waals surface area contributed by atoms with Crippen molar-refractivity contribution in [2.24, 2.45) is 0 Å². The fourth-order valence-electron chi connectivity index (χ4n) is 2.49. The van der Waals surface area contributed by atoms with Crippen LogP contribution in [0.5, 0.6) is 5.75 Å². The number of benzene rings is 1. The molecule has 1 N–H and O–H groups in total. The van der Waals surface area contributed by atoms with E-state index >= 15 is 0 Å². The first-order chi connectivity index (χ1) is 10.8. The highest BCUT2D eigenvalue weighted by molar-refractivity contribution is 5.98. The molecule has 2 heterocycles. The summed E-state index contributed by atoms with van der Waals surface area (Å²) in [6, 6.07) is 7.23. The highest BCUT2D eigenvalue weighted by Crippen LogP contribution is 2.18. The Labute approximate surface area is 128 Å². The third-order valence-corrected chi connectivity index (χ3v) is 3.62. The van der Waals surface area contributed by atoms with Gasteiger partial charge in [0.2, 0.25) is 5.82 Å². The summed E-state index contributed by atoms with van der Waals surface area (Å²) in [5.74, 6) is 1.36. The predicted octanol–water partition coefficient (Wildman–Crippen LogP) is 1.18. The van der Waals surface area contributed by atoms with Gasteiger partial charge in [0.15, 0.2) is 5.78 Å². The first kappa shape index (κ1) is 14.4. The number of hydrogen-bond donors (Lipinski definition) is 1. The van der Waals surface area contributed by atoms with E-state index in [4.69, 9.17) is 4.74 Å². The van der Waals surface area contributed by atoms with Crippen molar-refractivity contribution in [1.29, 1.82) is 0 Å². The first-order valence-electron chi connectivity index (χ1n) is 7.09. The number of aromatic nitrogens is 4. The highest BCUT2D eigenvalue weighted by Gasteiger charge is 2.19. The molecule has 0 fully saturated rings. The second-order valence-electron chi connectivity index (χ2n) is 5.12. The molecule has 3 rings (SSSR count). The molecule has 0 saturated carbocycles. The summed E-state index contributed by atoms with van der Waals surface area (Å²) in [7, 11) is 1.59. The van der Waals surface area contributed by atoms with Crippen LogP contribution in [0.2, 0.25) is 0 Å². The normalized spacial score (nSPS) is 15.4. The molecule has 1 aliphatic heterocycles. The number of ketones is 1. The lowest BCUT2D eigenvalue weighted by Gasteiger charge is -2.25. The number of ether oxygens (including phenoxy) is 1. The average molecular weight is 299 g/mol. The fourth-order valence-corrected chi connectivity index (χ4v) is 2.49. The topological polar surface area (TPSA) is 84.0 Å². The van der Waals surface area contributed by atoms with E-state index in [1.807, 2.05) is 18.2 Å². The molecular formula is C15H17N5O2. The summed E-state index contributed by atoms with van der Waals surface area (Å²) in [4.78, 5) is 14.5. The molecule has 0 atom stereocenters. The van der Waals surface area contributed by atoms with Gasteiger partial charge in [-0.05, 0) is 23.8 Å². The number of methoxy groups -OCH3 is 1. The Morgan fingerprint density at radius 1 is 1.45 bits per heavy atom. The summed E-state index contributed by atoms with van der Waals surface area (Å²) in [5, 5.41) is 14.0. The number of carbonyl (C=O) groups excluding carboxylic acids is 1. The van der Waals surface area contributed by atoms with E-state index < -0.39 is 0 Å². The number of carbonyl (C=O) groups is 1. The lowest BCUT2D eigenvalue weighted by Crippen LogP contribution is -2.34. The highest BCUT2D eigenvalue weighted by atomic mass is 16.5. The monoisotopic (exact) mass is 299 g/mol. The summed E-state index contributed by atoms with van der Waals surface area (Å²) in [6.45, 7) is 1.86. The third kappa shape index (κ3) is 3.20. The number of aromatic amines is 1. The number of tetrazole rings is 1. The maximum Gasteiger partial charge on any atom is 0.201 e. The van der Waals surface area contributed by atoms with Gasteiger partial charge in [-0.3, -0.25) is 9.69 Å². The van der Waals surface area contributed by atoms with Crippen LogP contribution in [0.15, 0.2) is 30.3 Å². The summed E-state index contributed by atoms with van der Waals surface area (Å²) in [6.07, 6.45) is 2.96. The van der Waals surface area contributed by atoms with Crippen molar-refractivity contribution in [1.82, 2.24) is 25.5 Å². The zero-order chi connectivity index (χ0) is 15.4. The van der Waals surface area contributed by atoms with E-state index in [1.54, 1.807) is 13.2 Å². The zero-order valence-electron chi connectivity index (χ0n) is 12.3. The van der Waals surface area contributed by atoms with Crippen molar-refractivity contribution in [3.8, 4) is 5.75 Å². The molecule has 22 heavy (non-hydrogen) atoms. The van der Waals surface area contributed by atoms with E-state index in [0.717, 1.165) is 18.5 Å². The van der Waals surface area contributed by atoms with Crippen LogP contribution in [0, 0.1) is 0 Å². The molecule has 0 amide bonds. The molecule has 0 radical (unpaired) electrons. The minimum absolute atomic E-state index is 0.0771. The SMILES string of the molecule is COc1cccc(C(=O)CN2CCC=C(c3nn[nH]n3)C2)c1. The van der Waals surface area contributed by atoms with Crippen LogP contribution in [0.4, 0.5) is 0 Å². The van der Waals surface area contributed by atoms with Crippen molar-refractivity contribution in [3.63, 3.8) is 0 Å². The molecule has 7 heteroatoms. The molecule has 0 bridgehead atoms. The van der Waals surface area contributed by atoms with Crippen LogP contribution >= 0.6 is 0 Å². The molecule has 1 aliphatic rings. The Morgan fingerprint density at radius 3 is 3.14 bits per heavy atom. The zero-order valence-corrected chi connectivity index (χ0v) is 12.3. The molecule has 0 aliphatic carbocycles. The van der Waals surface area contributed by atoms with Gasteiger partial charge in [-0.1, -0.05) is 18.2 Å². The molecule has 1 aromatic heterocycles. The first-order valence-corrected chi connectivity index (χ1v) is 7.09. The quantitative estimate of drug-likeness (QED) is 0.835. The Hall–Kier alpha value is -2.54. The minimum atomic E-state index is 0.0771. The summed E-state index contributed by atoms with van der Waals surface area (Å²) < 4.78 is 5.16. The molecule has 7 nitrogen and oxygen atoms in total. The minimum Gasteiger partial charge on any atom is -0.497 e. The van der Waals surface area contributed by atoms with Crippen LogP contribution in [0.25, 0.3) is 5.57 Å². The number of nitrogens with zero attached hydrogens (tertiary/aromatic N) is 4. The number of H-pyrrole nitrogens is 1. The van der Waals surface area contributed by atoms with Crippen LogP contribution < -0.4 is 4.74 Å². The number of hydrogen-bond acceptors (Lipinski definition) is 6. The van der Waals surface area contributed by atoms with Crippen LogP contribution in [0.1, 0.15) is 22.6 Å². The van der Waals surface area contributed by atoms with E-state index in [0.29, 0.717) is 30.2 Å². The van der Waals surface area contributed by atoms with Gasteiger partial charge >= 0.3 is 0 Å². The van der Waals surface area contributed by atoms with Crippen molar-refractivity contribution in [2.75, 3.05) is 26.7 Å². The Bertz CT molecular complexity index is 681. The second kappa shape index (κ2) is 6.48. The van der Waals surface area contributed by atoms with Crippen molar-refractivity contribution >= 4 is 11.4 Å². The summed E-state index contributed by atoms with van der Waals surface area (Å²) >= 11 is 0. The molecule has 0 unspecified atom stereocenters. The predicted molar refractivity (Wildman–Crippen MR) is 80.5 cm³/mol. The standard InChI is InChI=1S/C15H17N5O2/c1-22-13-6-2-4-11(8-13)14(21)10-20-7-3-5-12(9-20)15-16-18-19-17-15/h2,4-6,8H,3,7,9-10H2,1H3,(H,16,17,18,19). The molecule has 0 saturated heterocycles. The maximum atomic E-state index is 12.4. The van der Waals surface area contributed by atoms with Gasteiger partial charge in [-0.15, -0.1) is 10.2 Å². The second-order valence-corrected chi connectivity index (χ2v) is 5.12. The maximum absolute atomic E-state index is 12.4. The van der Waals surface area contributed by atoms with Crippen LogP contribution in [-0.4, -0.2) is 58.1 Å². The smallest absolute Gasteiger partial charge is 0.201 e. The molecule has 1 aromatic carbocycles.